The van der Waals surface area contributed by atoms with Crippen LogP contribution in [-0.4, -0.2) is 27.7 Å². The van der Waals surface area contributed by atoms with Crippen LogP contribution in [0.5, 0.6) is 0 Å². The lowest BCUT2D eigenvalue weighted by Crippen LogP contribution is -2.50. The maximum Gasteiger partial charge on any atom is 0.294 e. The molecule has 1 saturated carbocycles. The summed E-state index contributed by atoms with van der Waals surface area (Å²) in [6, 6.07) is 8.64. The summed E-state index contributed by atoms with van der Waals surface area (Å²) in [7, 11) is 1.68. The fourth-order valence-electron chi connectivity index (χ4n) is 4.39. The average Bonchev–Trinajstić information content (AvgIpc) is 2.96. The van der Waals surface area contributed by atoms with Gasteiger partial charge in [-0.15, -0.1) is 0 Å². The molecule has 3 rings (SSSR count). The molecule has 1 heterocycles. The van der Waals surface area contributed by atoms with E-state index in [1.165, 1.54) is 0 Å². The van der Waals surface area contributed by atoms with Crippen molar-refractivity contribution in [2.24, 2.45) is 7.05 Å². The molecule has 0 spiro atoms. The number of carbonyl (C=O) groups excluding carboxylic acids is 3. The summed E-state index contributed by atoms with van der Waals surface area (Å²) in [5.74, 6) is -1.67. The number of carbonyl (C=O) groups is 3. The van der Waals surface area contributed by atoms with Crippen molar-refractivity contribution in [3.05, 3.63) is 52.3 Å². The van der Waals surface area contributed by atoms with Crippen molar-refractivity contribution in [2.45, 2.75) is 58.4 Å². The Kier molecular flexibility index (Phi) is 6.30. The van der Waals surface area contributed by atoms with Gasteiger partial charge in [0.15, 0.2) is 0 Å². The highest BCUT2D eigenvalue weighted by Crippen LogP contribution is 2.28. The van der Waals surface area contributed by atoms with Crippen LogP contribution in [0.4, 0.5) is 5.69 Å². The van der Waals surface area contributed by atoms with E-state index >= 15 is 0 Å². The van der Waals surface area contributed by atoms with E-state index in [0.29, 0.717) is 28.1 Å². The van der Waals surface area contributed by atoms with Crippen LogP contribution in [0.15, 0.2) is 24.3 Å². The summed E-state index contributed by atoms with van der Waals surface area (Å²) >= 11 is 0. The maximum atomic E-state index is 13.0. The van der Waals surface area contributed by atoms with Crippen molar-refractivity contribution in [1.82, 2.24) is 9.88 Å². The number of ketones is 1. The van der Waals surface area contributed by atoms with Gasteiger partial charge in [-0.1, -0.05) is 25.3 Å². The summed E-state index contributed by atoms with van der Waals surface area (Å²) in [5, 5.41) is 14.8. The van der Waals surface area contributed by atoms with Crippen LogP contribution in [-0.2, 0) is 11.8 Å². The van der Waals surface area contributed by atoms with Crippen molar-refractivity contribution < 1.29 is 14.4 Å². The molecular weight excluding hydrogens is 392 g/mol. The molecule has 7 heteroatoms. The first-order valence-corrected chi connectivity index (χ1v) is 10.5. The summed E-state index contributed by atoms with van der Waals surface area (Å²) in [4.78, 5) is 38.8. The summed E-state index contributed by atoms with van der Waals surface area (Å²) in [6.07, 6.45) is 4.92. The van der Waals surface area contributed by atoms with Crippen LogP contribution in [0.3, 0.4) is 0 Å². The van der Waals surface area contributed by atoms with E-state index in [9.17, 15) is 14.4 Å². The molecule has 162 valence electrons. The van der Waals surface area contributed by atoms with Crippen molar-refractivity contribution in [1.29, 1.82) is 5.26 Å². The molecule has 1 aromatic carbocycles. The number of nitriles is 1. The molecule has 1 fully saturated rings. The Labute approximate surface area is 182 Å². The van der Waals surface area contributed by atoms with Crippen LogP contribution in [0, 0.1) is 25.2 Å². The lowest BCUT2D eigenvalue weighted by molar-refractivity contribution is -0.119. The lowest BCUT2D eigenvalue weighted by Gasteiger charge is -2.34. The average molecular weight is 421 g/mol. The summed E-state index contributed by atoms with van der Waals surface area (Å²) < 4.78 is 1.60. The van der Waals surface area contributed by atoms with E-state index < -0.39 is 11.7 Å². The molecule has 1 aliphatic carbocycles. The smallest absolute Gasteiger partial charge is 0.294 e. The molecule has 2 amide bonds. The SMILES string of the molecule is Cc1c(C(=O)Nc2cccc(C#N)c2)c(C)n(C)c1C(=O)C(=O)NC1(C)CCCCC1. The van der Waals surface area contributed by atoms with Gasteiger partial charge in [0.2, 0.25) is 0 Å². The predicted molar refractivity (Wildman–Crippen MR) is 118 cm³/mol. The third-order valence-corrected chi connectivity index (χ3v) is 6.20. The molecule has 7 nitrogen and oxygen atoms in total. The van der Waals surface area contributed by atoms with Gasteiger partial charge in [-0.05, 0) is 57.4 Å². The summed E-state index contributed by atoms with van der Waals surface area (Å²) in [6.45, 7) is 5.40. The van der Waals surface area contributed by atoms with Gasteiger partial charge < -0.3 is 15.2 Å². The topological polar surface area (TPSA) is 104 Å². The fraction of sp³-hybridized carbons (Fsp3) is 0.417. The van der Waals surface area contributed by atoms with Gasteiger partial charge in [0.1, 0.15) is 0 Å². The minimum atomic E-state index is -0.638. The zero-order valence-electron chi connectivity index (χ0n) is 18.5. The zero-order chi connectivity index (χ0) is 22.8. The second kappa shape index (κ2) is 8.76. The molecular formula is C24H28N4O3. The third kappa shape index (κ3) is 4.53. The predicted octanol–water partition coefficient (Wildman–Crippen LogP) is 3.79. The van der Waals surface area contributed by atoms with Crippen molar-refractivity contribution in [3.63, 3.8) is 0 Å². The monoisotopic (exact) mass is 420 g/mol. The van der Waals surface area contributed by atoms with Crippen LogP contribution < -0.4 is 10.6 Å². The molecule has 1 aromatic heterocycles. The Morgan fingerprint density at radius 2 is 1.81 bits per heavy atom. The van der Waals surface area contributed by atoms with Crippen LogP contribution in [0.1, 0.15) is 76.7 Å². The van der Waals surface area contributed by atoms with E-state index in [1.807, 2.05) is 13.0 Å². The summed E-state index contributed by atoms with van der Waals surface area (Å²) in [5.41, 5.74) is 2.17. The highest BCUT2D eigenvalue weighted by Gasteiger charge is 2.34. The Morgan fingerprint density at radius 3 is 2.45 bits per heavy atom. The number of anilines is 1. The Bertz CT molecular complexity index is 1080. The number of hydrogen-bond donors (Lipinski definition) is 2. The fourth-order valence-corrected chi connectivity index (χ4v) is 4.39. The molecule has 0 bridgehead atoms. The van der Waals surface area contributed by atoms with E-state index in [-0.39, 0.29) is 17.1 Å². The number of aromatic nitrogens is 1. The normalized spacial score (nSPS) is 15.1. The highest BCUT2D eigenvalue weighted by atomic mass is 16.2. The molecule has 0 atom stereocenters. The van der Waals surface area contributed by atoms with Gasteiger partial charge in [0, 0.05) is 24.0 Å². The van der Waals surface area contributed by atoms with Crippen LogP contribution in [0.2, 0.25) is 0 Å². The molecule has 2 N–H and O–H groups in total. The molecule has 1 aliphatic rings. The molecule has 0 aliphatic heterocycles. The van der Waals surface area contributed by atoms with Crippen molar-refractivity contribution in [3.8, 4) is 6.07 Å². The van der Waals surface area contributed by atoms with Crippen LogP contribution in [0.25, 0.3) is 0 Å². The van der Waals surface area contributed by atoms with Crippen molar-refractivity contribution >= 4 is 23.3 Å². The van der Waals surface area contributed by atoms with Crippen molar-refractivity contribution in [2.75, 3.05) is 5.32 Å². The van der Waals surface area contributed by atoms with Gasteiger partial charge >= 0.3 is 0 Å². The molecule has 2 aromatic rings. The number of benzene rings is 1. The third-order valence-electron chi connectivity index (χ3n) is 6.20. The molecule has 0 unspecified atom stereocenters. The Balaban J connectivity index is 1.85. The quantitative estimate of drug-likeness (QED) is 0.567. The van der Waals surface area contributed by atoms with E-state index in [0.717, 1.165) is 32.1 Å². The molecule has 0 saturated heterocycles. The number of nitrogens with zero attached hydrogens (tertiary/aromatic N) is 2. The standard InChI is InChI=1S/C24H28N4O3/c1-15-19(22(30)26-18-10-8-9-17(13-18)14-25)16(2)28(4)20(15)21(29)23(31)27-24(3)11-6-5-7-12-24/h8-10,13H,5-7,11-12H2,1-4H3,(H,26,30)(H,27,31). The van der Waals surface area contributed by atoms with E-state index in [2.05, 4.69) is 10.6 Å². The minimum absolute atomic E-state index is 0.213. The number of amides is 2. The largest absolute Gasteiger partial charge is 0.344 e. The van der Waals surface area contributed by atoms with E-state index in [1.54, 1.807) is 49.7 Å². The number of nitrogens with one attached hydrogen (secondary N) is 2. The van der Waals surface area contributed by atoms with Gasteiger partial charge in [0.25, 0.3) is 17.6 Å². The minimum Gasteiger partial charge on any atom is -0.344 e. The van der Waals surface area contributed by atoms with Gasteiger partial charge in [-0.3, -0.25) is 14.4 Å². The number of hydrogen-bond acceptors (Lipinski definition) is 4. The molecule has 31 heavy (non-hydrogen) atoms. The first-order chi connectivity index (χ1) is 14.7. The molecule has 0 radical (unpaired) electrons. The Hall–Kier alpha value is -3.40. The first kappa shape index (κ1) is 22.3. The second-order valence-corrected chi connectivity index (χ2v) is 8.54. The first-order valence-electron chi connectivity index (χ1n) is 10.5. The zero-order valence-corrected chi connectivity index (χ0v) is 18.5. The Morgan fingerprint density at radius 1 is 1.13 bits per heavy atom. The highest BCUT2D eigenvalue weighted by molar-refractivity contribution is 6.43. The van der Waals surface area contributed by atoms with Gasteiger partial charge in [-0.2, -0.15) is 5.26 Å². The second-order valence-electron chi connectivity index (χ2n) is 8.54. The maximum absolute atomic E-state index is 13.0. The lowest BCUT2D eigenvalue weighted by atomic mass is 9.83. The van der Waals surface area contributed by atoms with Crippen LogP contribution >= 0.6 is 0 Å². The van der Waals surface area contributed by atoms with Gasteiger partial charge in [-0.25, -0.2) is 0 Å². The van der Waals surface area contributed by atoms with E-state index in [4.69, 9.17) is 5.26 Å². The van der Waals surface area contributed by atoms with Gasteiger partial charge in [0.05, 0.1) is 22.9 Å². The number of Topliss-reactive ketones (excluding diaryl/α,β-unsaturated/α-hetero) is 1. The number of rotatable bonds is 5.